The Hall–Kier alpha value is -0.850. The second kappa shape index (κ2) is 15.1. The van der Waals surface area contributed by atoms with Gasteiger partial charge < -0.3 is 25.0 Å². The normalized spacial score (nSPS) is 20.0. The first-order chi connectivity index (χ1) is 13.4. The minimum atomic E-state index is 0.691. The van der Waals surface area contributed by atoms with Crippen LogP contribution >= 0.6 is 0 Å². The molecule has 2 fully saturated rings. The lowest BCUT2D eigenvalue weighted by atomic mass is 10.0. The number of hydrogen-bond donors (Lipinski definition) is 2. The monoisotopic (exact) mass is 382 g/mol. The van der Waals surface area contributed by atoms with E-state index < -0.39 is 0 Å². The van der Waals surface area contributed by atoms with Crippen LogP contribution in [0.15, 0.2) is 4.99 Å². The zero-order valence-electron chi connectivity index (χ0n) is 17.5. The van der Waals surface area contributed by atoms with E-state index in [1.807, 2.05) is 7.05 Å². The molecule has 0 atom stereocenters. The molecule has 0 aromatic carbocycles. The Morgan fingerprint density at radius 3 is 2.48 bits per heavy atom. The van der Waals surface area contributed by atoms with Crippen LogP contribution in [0.5, 0.6) is 0 Å². The number of aliphatic imine (C=N–C) groups is 1. The molecule has 2 aliphatic heterocycles. The molecule has 6 nitrogen and oxygen atoms in total. The highest BCUT2D eigenvalue weighted by molar-refractivity contribution is 5.79. The molecule has 0 spiro atoms. The smallest absolute Gasteiger partial charge is 0.190 e. The Labute approximate surface area is 166 Å². The van der Waals surface area contributed by atoms with Crippen molar-refractivity contribution < 1.29 is 9.47 Å². The highest BCUT2D eigenvalue weighted by Crippen LogP contribution is 2.14. The number of ether oxygens (including phenoxy) is 2. The van der Waals surface area contributed by atoms with Crippen molar-refractivity contribution in [2.75, 3.05) is 66.2 Å². The first-order valence-electron chi connectivity index (χ1n) is 11.2. The third kappa shape index (κ3) is 10.9. The summed E-state index contributed by atoms with van der Waals surface area (Å²) < 4.78 is 11.2. The van der Waals surface area contributed by atoms with Crippen molar-refractivity contribution in [3.05, 3.63) is 0 Å². The Kier molecular flexibility index (Phi) is 12.6. The van der Waals surface area contributed by atoms with Crippen LogP contribution < -0.4 is 10.6 Å². The third-order valence-electron chi connectivity index (χ3n) is 5.57. The molecular formula is C21H42N4O2. The standard InChI is InChI=1S/C21H42N4O2/c1-22-21(23-11-4-2-5-13-25-14-6-3-7-15-25)24-12-8-16-27-19-20-9-17-26-18-10-20/h20H,2-19H2,1H3,(H2,22,23,24). The van der Waals surface area contributed by atoms with Crippen LogP contribution in [0.3, 0.4) is 0 Å². The highest BCUT2D eigenvalue weighted by atomic mass is 16.5. The molecule has 2 heterocycles. The second-order valence-electron chi connectivity index (χ2n) is 7.87. The van der Waals surface area contributed by atoms with E-state index in [0.29, 0.717) is 5.92 Å². The van der Waals surface area contributed by atoms with Gasteiger partial charge in [-0.2, -0.15) is 0 Å². The highest BCUT2D eigenvalue weighted by Gasteiger charge is 2.13. The van der Waals surface area contributed by atoms with Gasteiger partial charge in [-0.15, -0.1) is 0 Å². The summed E-state index contributed by atoms with van der Waals surface area (Å²) in [5.74, 6) is 1.60. The van der Waals surface area contributed by atoms with E-state index in [9.17, 15) is 0 Å². The number of rotatable bonds is 12. The van der Waals surface area contributed by atoms with Crippen molar-refractivity contribution in [2.45, 2.75) is 57.8 Å². The van der Waals surface area contributed by atoms with E-state index in [2.05, 4.69) is 20.5 Å². The predicted octanol–water partition coefficient (Wildman–Crippen LogP) is 2.64. The molecule has 0 radical (unpaired) electrons. The van der Waals surface area contributed by atoms with Gasteiger partial charge in [-0.1, -0.05) is 12.8 Å². The number of nitrogens with one attached hydrogen (secondary N) is 2. The number of unbranched alkanes of at least 4 members (excludes halogenated alkanes) is 2. The van der Waals surface area contributed by atoms with Crippen molar-refractivity contribution in [1.29, 1.82) is 0 Å². The van der Waals surface area contributed by atoms with E-state index in [1.54, 1.807) is 0 Å². The van der Waals surface area contributed by atoms with Gasteiger partial charge in [-0.3, -0.25) is 4.99 Å². The Balaban J connectivity index is 1.37. The fourth-order valence-electron chi connectivity index (χ4n) is 3.79. The van der Waals surface area contributed by atoms with Crippen LogP contribution in [-0.4, -0.2) is 77.1 Å². The van der Waals surface area contributed by atoms with Gasteiger partial charge in [0.15, 0.2) is 5.96 Å². The largest absolute Gasteiger partial charge is 0.381 e. The molecular weight excluding hydrogens is 340 g/mol. The molecule has 2 saturated heterocycles. The van der Waals surface area contributed by atoms with E-state index in [-0.39, 0.29) is 0 Å². The Morgan fingerprint density at radius 1 is 1.00 bits per heavy atom. The number of nitrogens with zero attached hydrogens (tertiary/aromatic N) is 2. The molecule has 0 aromatic rings. The van der Waals surface area contributed by atoms with Gasteiger partial charge in [-0.05, 0) is 70.5 Å². The van der Waals surface area contributed by atoms with Gasteiger partial charge in [-0.25, -0.2) is 0 Å². The molecule has 0 unspecified atom stereocenters. The summed E-state index contributed by atoms with van der Waals surface area (Å²) in [5, 5.41) is 6.80. The topological polar surface area (TPSA) is 58.1 Å². The number of likely N-dealkylation sites (tertiary alicyclic amines) is 1. The lowest BCUT2D eigenvalue weighted by Gasteiger charge is -2.26. The maximum Gasteiger partial charge on any atom is 0.190 e. The number of piperidine rings is 1. The molecule has 0 bridgehead atoms. The molecule has 0 saturated carbocycles. The molecule has 2 aliphatic rings. The van der Waals surface area contributed by atoms with Crippen LogP contribution in [0.2, 0.25) is 0 Å². The van der Waals surface area contributed by atoms with Crippen LogP contribution in [-0.2, 0) is 9.47 Å². The molecule has 6 heteroatoms. The first-order valence-corrected chi connectivity index (χ1v) is 11.2. The maximum absolute atomic E-state index is 5.80. The van der Waals surface area contributed by atoms with Crippen molar-refractivity contribution in [3.63, 3.8) is 0 Å². The Morgan fingerprint density at radius 2 is 1.74 bits per heavy atom. The zero-order valence-corrected chi connectivity index (χ0v) is 17.5. The summed E-state index contributed by atoms with van der Waals surface area (Å²) in [6.45, 7) is 9.31. The van der Waals surface area contributed by atoms with Gasteiger partial charge in [0.05, 0.1) is 0 Å². The minimum Gasteiger partial charge on any atom is -0.381 e. The van der Waals surface area contributed by atoms with Gasteiger partial charge in [0.2, 0.25) is 0 Å². The SMILES string of the molecule is CN=C(NCCCCCN1CCCCC1)NCCCOCC1CCOCC1. The number of guanidine groups is 1. The molecule has 0 amide bonds. The van der Waals surface area contributed by atoms with Crippen molar-refractivity contribution in [2.24, 2.45) is 10.9 Å². The fourth-order valence-corrected chi connectivity index (χ4v) is 3.79. The van der Waals surface area contributed by atoms with Crippen molar-refractivity contribution in [3.8, 4) is 0 Å². The lowest BCUT2D eigenvalue weighted by molar-refractivity contribution is 0.0203. The van der Waals surface area contributed by atoms with Crippen LogP contribution in [0.1, 0.15) is 57.8 Å². The van der Waals surface area contributed by atoms with Crippen LogP contribution in [0.25, 0.3) is 0 Å². The molecule has 0 aromatic heterocycles. The molecule has 27 heavy (non-hydrogen) atoms. The number of hydrogen-bond acceptors (Lipinski definition) is 4. The summed E-state index contributed by atoms with van der Waals surface area (Å²) in [6, 6.07) is 0. The quantitative estimate of drug-likeness (QED) is 0.309. The van der Waals surface area contributed by atoms with Crippen LogP contribution in [0.4, 0.5) is 0 Å². The van der Waals surface area contributed by atoms with Gasteiger partial charge in [0.25, 0.3) is 0 Å². The van der Waals surface area contributed by atoms with E-state index in [0.717, 1.165) is 64.7 Å². The third-order valence-corrected chi connectivity index (χ3v) is 5.57. The van der Waals surface area contributed by atoms with Crippen molar-refractivity contribution in [1.82, 2.24) is 15.5 Å². The van der Waals surface area contributed by atoms with E-state index >= 15 is 0 Å². The summed E-state index contributed by atoms with van der Waals surface area (Å²) >= 11 is 0. The maximum atomic E-state index is 5.80. The summed E-state index contributed by atoms with van der Waals surface area (Å²) in [5.41, 5.74) is 0. The van der Waals surface area contributed by atoms with Crippen molar-refractivity contribution >= 4 is 5.96 Å². The zero-order chi connectivity index (χ0) is 19.0. The van der Waals surface area contributed by atoms with E-state index in [4.69, 9.17) is 9.47 Å². The van der Waals surface area contributed by atoms with E-state index in [1.165, 1.54) is 58.2 Å². The Bertz CT molecular complexity index is 348. The first kappa shape index (κ1) is 22.4. The summed E-state index contributed by atoms with van der Waals surface area (Å²) in [7, 11) is 1.84. The minimum absolute atomic E-state index is 0.691. The average molecular weight is 383 g/mol. The molecule has 2 rings (SSSR count). The van der Waals surface area contributed by atoms with Gasteiger partial charge in [0, 0.05) is 46.6 Å². The molecule has 2 N–H and O–H groups in total. The summed E-state index contributed by atoms with van der Waals surface area (Å²) in [6.07, 6.45) is 11.3. The fraction of sp³-hybridized carbons (Fsp3) is 0.952. The predicted molar refractivity (Wildman–Crippen MR) is 112 cm³/mol. The lowest BCUT2D eigenvalue weighted by Crippen LogP contribution is -2.38. The molecule has 0 aliphatic carbocycles. The van der Waals surface area contributed by atoms with Gasteiger partial charge >= 0.3 is 0 Å². The second-order valence-corrected chi connectivity index (χ2v) is 7.87. The van der Waals surface area contributed by atoms with Crippen LogP contribution in [0, 0.1) is 5.92 Å². The molecule has 158 valence electrons. The van der Waals surface area contributed by atoms with Gasteiger partial charge in [0.1, 0.15) is 0 Å². The summed E-state index contributed by atoms with van der Waals surface area (Å²) in [4.78, 5) is 6.93. The average Bonchev–Trinajstić information content (AvgIpc) is 2.73.